The number of hydrogen-bond acceptors (Lipinski definition) is 6. The second kappa shape index (κ2) is 10.9. The molecule has 0 bridgehead atoms. The number of carbonyl (C=O) groups excluding carboxylic acids is 1. The maximum absolute atomic E-state index is 13.0. The Bertz CT molecular complexity index is 1220. The van der Waals surface area contributed by atoms with Crippen LogP contribution in [-0.4, -0.2) is 48.6 Å². The van der Waals surface area contributed by atoms with Crippen molar-refractivity contribution in [3.63, 3.8) is 0 Å². The molecule has 5 rings (SSSR count). The van der Waals surface area contributed by atoms with Gasteiger partial charge in [-0.1, -0.05) is 54.2 Å². The number of amides is 1. The number of morpholine rings is 1. The second-order valence-electron chi connectivity index (χ2n) is 8.25. The molecule has 0 unspecified atom stereocenters. The third kappa shape index (κ3) is 5.67. The topological polar surface area (TPSA) is 67.6 Å². The summed E-state index contributed by atoms with van der Waals surface area (Å²) in [5, 5.41) is 3.64. The molecule has 1 fully saturated rings. The molecule has 1 aromatic heterocycles. The standard InChI is InChI=1S/C27H27N3O3S/c31-26(28-22-11-9-20(10-12-22)13-14-30-15-17-32-18-16-30)23-6-2-1-5-21(23)19-34-27-29-24-7-3-4-8-25(24)33-27/h1-12H,13-19H2,(H,28,31). The van der Waals surface area contributed by atoms with Crippen molar-refractivity contribution in [3.8, 4) is 0 Å². The molecule has 1 saturated heterocycles. The number of aromatic nitrogens is 1. The first-order chi connectivity index (χ1) is 16.7. The van der Waals surface area contributed by atoms with Crippen molar-refractivity contribution in [2.45, 2.75) is 17.4 Å². The third-order valence-corrected chi connectivity index (χ3v) is 6.80. The van der Waals surface area contributed by atoms with E-state index in [1.807, 2.05) is 60.7 Å². The zero-order valence-corrected chi connectivity index (χ0v) is 19.7. The van der Waals surface area contributed by atoms with Crippen molar-refractivity contribution in [1.29, 1.82) is 0 Å². The number of thioether (sulfide) groups is 1. The molecule has 0 spiro atoms. The van der Waals surface area contributed by atoms with Gasteiger partial charge in [0, 0.05) is 36.6 Å². The Hall–Kier alpha value is -3.13. The lowest BCUT2D eigenvalue weighted by Crippen LogP contribution is -2.37. The summed E-state index contributed by atoms with van der Waals surface area (Å²) in [5.74, 6) is 0.478. The van der Waals surface area contributed by atoms with Gasteiger partial charge < -0.3 is 14.5 Å². The van der Waals surface area contributed by atoms with Crippen molar-refractivity contribution in [2.24, 2.45) is 0 Å². The minimum absolute atomic E-state index is 0.116. The van der Waals surface area contributed by atoms with E-state index in [4.69, 9.17) is 9.15 Å². The van der Waals surface area contributed by atoms with E-state index in [2.05, 4.69) is 27.3 Å². The van der Waals surface area contributed by atoms with Crippen molar-refractivity contribution in [3.05, 3.63) is 89.5 Å². The van der Waals surface area contributed by atoms with Crippen molar-refractivity contribution in [1.82, 2.24) is 9.88 Å². The minimum Gasteiger partial charge on any atom is -0.431 e. The largest absolute Gasteiger partial charge is 0.431 e. The number of nitrogens with zero attached hydrogens (tertiary/aromatic N) is 2. The summed E-state index contributed by atoms with van der Waals surface area (Å²) in [6.45, 7) is 4.66. The average molecular weight is 474 g/mol. The van der Waals surface area contributed by atoms with Crippen LogP contribution in [0.15, 0.2) is 82.4 Å². The number of benzene rings is 3. The van der Waals surface area contributed by atoms with Crippen LogP contribution in [0.25, 0.3) is 11.1 Å². The van der Waals surface area contributed by atoms with Crippen LogP contribution in [-0.2, 0) is 16.9 Å². The summed E-state index contributed by atoms with van der Waals surface area (Å²) in [5.41, 5.74) is 5.26. The molecule has 0 aliphatic carbocycles. The number of oxazole rings is 1. The van der Waals surface area contributed by atoms with Crippen molar-refractivity contribution in [2.75, 3.05) is 38.2 Å². The van der Waals surface area contributed by atoms with Crippen LogP contribution in [0, 0.1) is 0 Å². The van der Waals surface area contributed by atoms with Crippen LogP contribution in [0.5, 0.6) is 0 Å². The third-order valence-electron chi connectivity index (χ3n) is 5.92. The monoisotopic (exact) mass is 473 g/mol. The van der Waals surface area contributed by atoms with Gasteiger partial charge in [-0.05, 0) is 47.9 Å². The van der Waals surface area contributed by atoms with Gasteiger partial charge in [-0.25, -0.2) is 4.98 Å². The molecule has 174 valence electrons. The van der Waals surface area contributed by atoms with Crippen LogP contribution in [0.1, 0.15) is 21.5 Å². The smallest absolute Gasteiger partial charge is 0.257 e. The molecule has 1 aliphatic heterocycles. The van der Waals surface area contributed by atoms with Crippen molar-refractivity contribution < 1.29 is 13.9 Å². The summed E-state index contributed by atoms with van der Waals surface area (Å²) >= 11 is 1.49. The zero-order valence-electron chi connectivity index (χ0n) is 18.9. The lowest BCUT2D eigenvalue weighted by Gasteiger charge is -2.26. The summed E-state index contributed by atoms with van der Waals surface area (Å²) in [6, 6.07) is 23.5. The maximum Gasteiger partial charge on any atom is 0.257 e. The highest BCUT2D eigenvalue weighted by Gasteiger charge is 2.14. The van der Waals surface area contributed by atoms with Crippen molar-refractivity contribution >= 4 is 34.5 Å². The van der Waals surface area contributed by atoms with Gasteiger partial charge in [0.05, 0.1) is 13.2 Å². The van der Waals surface area contributed by atoms with Crippen LogP contribution in [0.3, 0.4) is 0 Å². The maximum atomic E-state index is 13.0. The predicted molar refractivity (Wildman–Crippen MR) is 135 cm³/mol. The van der Waals surface area contributed by atoms with Gasteiger partial charge in [-0.2, -0.15) is 0 Å². The van der Waals surface area contributed by atoms with E-state index < -0.39 is 0 Å². The van der Waals surface area contributed by atoms with E-state index in [-0.39, 0.29) is 5.91 Å². The minimum atomic E-state index is -0.116. The van der Waals surface area contributed by atoms with Crippen LogP contribution < -0.4 is 5.32 Å². The summed E-state index contributed by atoms with van der Waals surface area (Å²) in [6.07, 6.45) is 0.990. The van der Waals surface area contributed by atoms with E-state index in [1.54, 1.807) is 0 Å². The molecule has 34 heavy (non-hydrogen) atoms. The quantitative estimate of drug-likeness (QED) is 0.353. The molecule has 1 aliphatic rings. The fraction of sp³-hybridized carbons (Fsp3) is 0.259. The van der Waals surface area contributed by atoms with E-state index in [0.29, 0.717) is 16.5 Å². The Labute approximate surface area is 203 Å². The highest BCUT2D eigenvalue weighted by molar-refractivity contribution is 7.98. The number of ether oxygens (including phenoxy) is 1. The van der Waals surface area contributed by atoms with E-state index in [9.17, 15) is 4.79 Å². The summed E-state index contributed by atoms with van der Waals surface area (Å²) in [4.78, 5) is 20.0. The Morgan fingerprint density at radius 3 is 2.56 bits per heavy atom. The molecule has 0 atom stereocenters. The summed E-state index contributed by atoms with van der Waals surface area (Å²) in [7, 11) is 0. The van der Waals surface area contributed by atoms with Gasteiger partial charge in [0.1, 0.15) is 5.52 Å². The summed E-state index contributed by atoms with van der Waals surface area (Å²) < 4.78 is 11.2. The van der Waals surface area contributed by atoms with Crippen LogP contribution in [0.2, 0.25) is 0 Å². The fourth-order valence-electron chi connectivity index (χ4n) is 3.99. The number of hydrogen-bond donors (Lipinski definition) is 1. The molecule has 2 heterocycles. The highest BCUT2D eigenvalue weighted by atomic mass is 32.2. The fourth-order valence-corrected chi connectivity index (χ4v) is 4.83. The van der Waals surface area contributed by atoms with Gasteiger partial charge in [0.15, 0.2) is 5.58 Å². The Morgan fingerprint density at radius 2 is 1.74 bits per heavy atom. The molecular formula is C27H27N3O3S. The van der Waals surface area contributed by atoms with Gasteiger partial charge in [-0.3, -0.25) is 9.69 Å². The van der Waals surface area contributed by atoms with Gasteiger partial charge in [0.25, 0.3) is 11.1 Å². The highest BCUT2D eigenvalue weighted by Crippen LogP contribution is 2.27. The number of anilines is 1. The molecule has 1 N–H and O–H groups in total. The van der Waals surface area contributed by atoms with Gasteiger partial charge in [0.2, 0.25) is 0 Å². The average Bonchev–Trinajstić information content (AvgIpc) is 3.31. The van der Waals surface area contributed by atoms with Gasteiger partial charge in [-0.15, -0.1) is 0 Å². The van der Waals surface area contributed by atoms with Crippen LogP contribution >= 0.6 is 11.8 Å². The Kier molecular flexibility index (Phi) is 7.24. The van der Waals surface area contributed by atoms with E-state index >= 15 is 0 Å². The number of nitrogens with one attached hydrogen (secondary N) is 1. The SMILES string of the molecule is O=C(Nc1ccc(CCN2CCOCC2)cc1)c1ccccc1CSc1nc2ccccc2o1. The molecular weight excluding hydrogens is 446 g/mol. The molecule has 3 aromatic carbocycles. The second-order valence-corrected chi connectivity index (χ2v) is 9.17. The molecule has 7 heteroatoms. The molecule has 4 aromatic rings. The van der Waals surface area contributed by atoms with Crippen LogP contribution in [0.4, 0.5) is 5.69 Å². The van der Waals surface area contributed by atoms with E-state index in [0.717, 1.165) is 61.6 Å². The number of para-hydroxylation sites is 2. The lowest BCUT2D eigenvalue weighted by molar-refractivity contribution is 0.0384. The number of fused-ring (bicyclic) bond motifs is 1. The molecule has 1 amide bonds. The van der Waals surface area contributed by atoms with Gasteiger partial charge >= 0.3 is 0 Å². The molecule has 0 radical (unpaired) electrons. The molecule has 0 saturated carbocycles. The predicted octanol–water partition coefficient (Wildman–Crippen LogP) is 5.25. The zero-order chi connectivity index (χ0) is 23.2. The lowest BCUT2D eigenvalue weighted by atomic mass is 10.1. The first kappa shape index (κ1) is 22.7. The first-order valence-corrected chi connectivity index (χ1v) is 12.5. The first-order valence-electron chi connectivity index (χ1n) is 11.5. The van der Waals surface area contributed by atoms with E-state index in [1.165, 1.54) is 17.3 Å². The number of rotatable bonds is 8. The Morgan fingerprint density at radius 1 is 0.971 bits per heavy atom. The molecule has 6 nitrogen and oxygen atoms in total. The number of carbonyl (C=O) groups is 1. The Balaban J connectivity index is 1.19. The normalized spacial score (nSPS) is 14.4.